The number of nitrogens with one attached hydrogen (secondary N) is 2. The van der Waals surface area contributed by atoms with Crippen molar-refractivity contribution in [2.24, 2.45) is 18.9 Å². The van der Waals surface area contributed by atoms with Crippen molar-refractivity contribution in [3.8, 4) is 0 Å². The lowest BCUT2D eigenvalue weighted by Gasteiger charge is -2.46. The van der Waals surface area contributed by atoms with E-state index in [1.165, 1.54) is 16.7 Å². The molecule has 2 aromatic heterocycles. The zero-order valence-corrected chi connectivity index (χ0v) is 23.1. The molecule has 2 aliphatic rings. The standard InChI is InChI=1S/C30H40N6O/c1-19(2)16-31-17-21-12-25(34-26-24(21)10-11-29(26,4)5)27(37)33-23-9-7-8-22(13-23)30(14-20(3)15-30)28-35-32-18-36(28)6/h7-9,12-13,18-20,31H,10-11,14-17H2,1-6H3,(H,33,37). The second-order valence-electron chi connectivity index (χ2n) is 12.3. The second kappa shape index (κ2) is 9.67. The Kier molecular flexibility index (Phi) is 6.69. The number of benzene rings is 1. The van der Waals surface area contributed by atoms with Gasteiger partial charge in [0.2, 0.25) is 0 Å². The molecule has 7 nitrogen and oxygen atoms in total. The van der Waals surface area contributed by atoms with Crippen LogP contribution >= 0.6 is 0 Å². The molecule has 7 heteroatoms. The maximum absolute atomic E-state index is 13.5. The van der Waals surface area contributed by atoms with Crippen LogP contribution in [0.5, 0.6) is 0 Å². The molecule has 1 aromatic carbocycles. The number of pyridine rings is 1. The lowest BCUT2D eigenvalue weighted by Crippen LogP contribution is -2.43. The largest absolute Gasteiger partial charge is 0.321 e. The molecular weight excluding hydrogens is 460 g/mol. The number of carbonyl (C=O) groups excluding carboxylic acids is 1. The third kappa shape index (κ3) is 4.81. The first-order valence-corrected chi connectivity index (χ1v) is 13.6. The van der Waals surface area contributed by atoms with Crippen LogP contribution < -0.4 is 10.6 Å². The number of aryl methyl sites for hydroxylation is 1. The molecule has 0 spiro atoms. The van der Waals surface area contributed by atoms with Crippen molar-refractivity contribution < 1.29 is 4.79 Å². The van der Waals surface area contributed by atoms with Gasteiger partial charge in [0, 0.05) is 24.7 Å². The fourth-order valence-electron chi connectivity index (χ4n) is 6.27. The minimum atomic E-state index is -0.170. The minimum absolute atomic E-state index is 0.0261. The molecule has 0 aliphatic heterocycles. The summed E-state index contributed by atoms with van der Waals surface area (Å²) < 4.78 is 2.02. The van der Waals surface area contributed by atoms with E-state index in [4.69, 9.17) is 4.98 Å². The van der Waals surface area contributed by atoms with Crippen molar-refractivity contribution in [3.05, 3.63) is 70.6 Å². The van der Waals surface area contributed by atoms with E-state index in [-0.39, 0.29) is 16.7 Å². The highest BCUT2D eigenvalue weighted by atomic mass is 16.1. The Labute approximate surface area is 220 Å². The van der Waals surface area contributed by atoms with Crippen LogP contribution in [0.3, 0.4) is 0 Å². The summed E-state index contributed by atoms with van der Waals surface area (Å²) in [5, 5.41) is 15.3. The van der Waals surface area contributed by atoms with Gasteiger partial charge >= 0.3 is 0 Å². The van der Waals surface area contributed by atoms with E-state index in [1.807, 2.05) is 29.8 Å². The van der Waals surface area contributed by atoms with E-state index in [1.54, 1.807) is 6.33 Å². The fraction of sp³-hybridized carbons (Fsp3) is 0.533. The van der Waals surface area contributed by atoms with Gasteiger partial charge in [0.1, 0.15) is 17.8 Å². The summed E-state index contributed by atoms with van der Waals surface area (Å²) in [6.07, 6.45) is 5.87. The van der Waals surface area contributed by atoms with E-state index in [0.29, 0.717) is 17.5 Å². The Balaban J connectivity index is 1.42. The summed E-state index contributed by atoms with van der Waals surface area (Å²) in [4.78, 5) is 18.4. The Morgan fingerprint density at radius 3 is 2.68 bits per heavy atom. The van der Waals surface area contributed by atoms with Crippen LogP contribution in [0.25, 0.3) is 0 Å². The van der Waals surface area contributed by atoms with E-state index >= 15 is 0 Å². The number of nitrogens with zero attached hydrogens (tertiary/aromatic N) is 4. The van der Waals surface area contributed by atoms with E-state index in [9.17, 15) is 4.79 Å². The minimum Gasteiger partial charge on any atom is -0.321 e. The van der Waals surface area contributed by atoms with Crippen LogP contribution in [0, 0.1) is 11.8 Å². The molecular formula is C30H40N6O. The number of fused-ring (bicyclic) bond motifs is 1. The molecule has 3 aromatic rings. The third-order valence-electron chi connectivity index (χ3n) is 8.16. The average Bonchev–Trinajstić information content (AvgIpc) is 3.39. The molecule has 2 aliphatic carbocycles. The number of hydrogen-bond acceptors (Lipinski definition) is 5. The molecule has 2 heterocycles. The smallest absolute Gasteiger partial charge is 0.274 e. The Morgan fingerprint density at radius 1 is 1.22 bits per heavy atom. The number of aromatic nitrogens is 4. The summed E-state index contributed by atoms with van der Waals surface area (Å²) in [6, 6.07) is 10.2. The zero-order valence-electron chi connectivity index (χ0n) is 23.1. The van der Waals surface area contributed by atoms with Crippen LogP contribution in [-0.2, 0) is 30.8 Å². The summed E-state index contributed by atoms with van der Waals surface area (Å²) in [5.74, 6) is 2.01. The van der Waals surface area contributed by atoms with Gasteiger partial charge < -0.3 is 15.2 Å². The molecule has 0 bridgehead atoms. The highest BCUT2D eigenvalue weighted by Gasteiger charge is 2.48. The van der Waals surface area contributed by atoms with E-state index < -0.39 is 0 Å². The number of hydrogen-bond donors (Lipinski definition) is 2. The van der Waals surface area contributed by atoms with Gasteiger partial charge in [-0.15, -0.1) is 10.2 Å². The number of amides is 1. The van der Waals surface area contributed by atoms with Gasteiger partial charge in [0.05, 0.1) is 11.1 Å². The van der Waals surface area contributed by atoms with Crippen LogP contribution in [0.4, 0.5) is 5.69 Å². The quantitative estimate of drug-likeness (QED) is 0.447. The molecule has 0 atom stereocenters. The Bertz CT molecular complexity index is 1300. The van der Waals surface area contributed by atoms with E-state index in [2.05, 4.69) is 67.6 Å². The lowest BCUT2D eigenvalue weighted by molar-refractivity contribution is 0.102. The van der Waals surface area contributed by atoms with Crippen molar-refractivity contribution in [3.63, 3.8) is 0 Å². The second-order valence-corrected chi connectivity index (χ2v) is 12.3. The maximum Gasteiger partial charge on any atom is 0.274 e. The molecule has 0 saturated heterocycles. The van der Waals surface area contributed by atoms with Crippen molar-refractivity contribution in [1.82, 2.24) is 25.1 Å². The molecule has 5 rings (SSSR count). The van der Waals surface area contributed by atoms with Gasteiger partial charge in [-0.3, -0.25) is 4.79 Å². The van der Waals surface area contributed by atoms with Gasteiger partial charge in [-0.25, -0.2) is 4.98 Å². The Morgan fingerprint density at radius 2 is 2.00 bits per heavy atom. The molecule has 37 heavy (non-hydrogen) atoms. The van der Waals surface area contributed by atoms with Crippen molar-refractivity contribution in [2.45, 2.75) is 77.7 Å². The molecule has 196 valence electrons. The Hall–Kier alpha value is -3.06. The predicted octanol–water partition coefficient (Wildman–Crippen LogP) is 5.15. The first-order chi connectivity index (χ1) is 17.6. The van der Waals surface area contributed by atoms with Gasteiger partial charge in [-0.1, -0.05) is 46.8 Å². The van der Waals surface area contributed by atoms with E-state index in [0.717, 1.165) is 56.0 Å². The molecule has 0 unspecified atom stereocenters. The molecule has 0 radical (unpaired) electrons. The predicted molar refractivity (Wildman–Crippen MR) is 147 cm³/mol. The molecule has 1 saturated carbocycles. The average molecular weight is 501 g/mol. The van der Waals surface area contributed by atoms with Crippen LogP contribution in [0.15, 0.2) is 36.7 Å². The van der Waals surface area contributed by atoms with Gasteiger partial charge in [0.25, 0.3) is 5.91 Å². The maximum atomic E-state index is 13.5. The zero-order chi connectivity index (χ0) is 26.4. The van der Waals surface area contributed by atoms with Crippen LogP contribution in [0.1, 0.15) is 92.6 Å². The first-order valence-electron chi connectivity index (χ1n) is 13.6. The molecule has 1 fully saturated rings. The van der Waals surface area contributed by atoms with Crippen LogP contribution in [-0.4, -0.2) is 32.2 Å². The highest BCUT2D eigenvalue weighted by molar-refractivity contribution is 6.03. The van der Waals surface area contributed by atoms with Crippen LogP contribution in [0.2, 0.25) is 0 Å². The summed E-state index contributed by atoms with van der Waals surface area (Å²) >= 11 is 0. The fourth-order valence-corrected chi connectivity index (χ4v) is 6.27. The van der Waals surface area contributed by atoms with Crippen molar-refractivity contribution >= 4 is 11.6 Å². The monoisotopic (exact) mass is 500 g/mol. The summed E-state index contributed by atoms with van der Waals surface area (Å²) in [5.41, 5.74) is 5.81. The van der Waals surface area contributed by atoms with Crippen molar-refractivity contribution in [1.29, 1.82) is 0 Å². The number of rotatable bonds is 8. The number of carbonyl (C=O) groups is 1. The topological polar surface area (TPSA) is 84.7 Å². The molecule has 2 N–H and O–H groups in total. The summed E-state index contributed by atoms with van der Waals surface area (Å²) in [6.45, 7) is 12.8. The first kappa shape index (κ1) is 25.6. The van der Waals surface area contributed by atoms with Gasteiger partial charge in [0.15, 0.2) is 0 Å². The highest BCUT2D eigenvalue weighted by Crippen LogP contribution is 2.51. The normalized spacial score (nSPS) is 22.1. The SMILES string of the molecule is CC(C)CNCc1cc(C(=O)Nc2cccc(C3(c4nncn4C)CC(C)C3)c2)nc2c1CCC2(C)C. The lowest BCUT2D eigenvalue weighted by atomic mass is 9.58. The number of anilines is 1. The van der Waals surface area contributed by atoms with Crippen molar-refractivity contribution in [2.75, 3.05) is 11.9 Å². The third-order valence-corrected chi connectivity index (χ3v) is 8.16. The molecule has 1 amide bonds. The summed E-state index contributed by atoms with van der Waals surface area (Å²) in [7, 11) is 2.00. The van der Waals surface area contributed by atoms with Gasteiger partial charge in [-0.05, 0) is 79.0 Å². The van der Waals surface area contributed by atoms with Gasteiger partial charge in [-0.2, -0.15) is 0 Å².